The Hall–Kier alpha value is -0.890. The summed E-state index contributed by atoms with van der Waals surface area (Å²) in [6.45, 7) is 3.98. The summed E-state index contributed by atoms with van der Waals surface area (Å²) in [5.41, 5.74) is 0. The summed E-state index contributed by atoms with van der Waals surface area (Å²) in [4.78, 5) is 0. The second-order valence-corrected chi connectivity index (χ2v) is 3.67. The standard InChI is InChI=1S/C7H11F3N4S/c1-2-11-3-4-12-6-14-13-5(15-6)7(8,9)10/h11H,2-4H2,1H3,(H,12,14). The van der Waals surface area contributed by atoms with Gasteiger partial charge >= 0.3 is 6.18 Å². The summed E-state index contributed by atoms with van der Waals surface area (Å²) < 4.78 is 36.3. The molecule has 4 nitrogen and oxygen atoms in total. The van der Waals surface area contributed by atoms with Crippen LogP contribution in [0.5, 0.6) is 0 Å². The highest BCUT2D eigenvalue weighted by Crippen LogP contribution is 2.32. The summed E-state index contributed by atoms with van der Waals surface area (Å²) in [6, 6.07) is 0. The van der Waals surface area contributed by atoms with Crippen LogP contribution in [0, 0.1) is 0 Å². The monoisotopic (exact) mass is 240 g/mol. The van der Waals surface area contributed by atoms with Crippen molar-refractivity contribution in [2.24, 2.45) is 0 Å². The SMILES string of the molecule is CCNCCNc1nnc(C(F)(F)F)s1. The zero-order chi connectivity index (χ0) is 11.3. The Bertz CT molecular complexity index is 299. The highest BCUT2D eigenvalue weighted by molar-refractivity contribution is 7.15. The number of hydrogen-bond acceptors (Lipinski definition) is 5. The van der Waals surface area contributed by atoms with E-state index in [1.807, 2.05) is 6.92 Å². The molecule has 86 valence electrons. The number of halogens is 3. The molecule has 15 heavy (non-hydrogen) atoms. The van der Waals surface area contributed by atoms with E-state index in [2.05, 4.69) is 20.8 Å². The first-order chi connectivity index (χ1) is 7.04. The average molecular weight is 240 g/mol. The normalized spacial score (nSPS) is 11.7. The van der Waals surface area contributed by atoms with Crippen molar-refractivity contribution in [1.82, 2.24) is 15.5 Å². The van der Waals surface area contributed by atoms with Gasteiger partial charge in [0.15, 0.2) is 0 Å². The van der Waals surface area contributed by atoms with Crippen LogP contribution in [-0.2, 0) is 6.18 Å². The molecule has 0 aliphatic heterocycles. The van der Waals surface area contributed by atoms with Gasteiger partial charge in [-0.15, -0.1) is 10.2 Å². The average Bonchev–Trinajstić information content (AvgIpc) is 2.60. The Morgan fingerprint density at radius 2 is 2.00 bits per heavy atom. The number of nitrogens with zero attached hydrogens (tertiary/aromatic N) is 2. The van der Waals surface area contributed by atoms with Gasteiger partial charge in [-0.1, -0.05) is 18.3 Å². The van der Waals surface area contributed by atoms with E-state index in [9.17, 15) is 13.2 Å². The van der Waals surface area contributed by atoms with Crippen LogP contribution in [0.15, 0.2) is 0 Å². The first-order valence-corrected chi connectivity index (χ1v) is 5.21. The number of aromatic nitrogens is 2. The second kappa shape index (κ2) is 5.26. The molecule has 1 aromatic heterocycles. The van der Waals surface area contributed by atoms with Gasteiger partial charge in [-0.3, -0.25) is 0 Å². The Kier molecular flexibility index (Phi) is 4.28. The van der Waals surface area contributed by atoms with E-state index in [-0.39, 0.29) is 5.13 Å². The third kappa shape index (κ3) is 4.00. The second-order valence-electron chi connectivity index (χ2n) is 2.69. The molecular weight excluding hydrogens is 229 g/mol. The van der Waals surface area contributed by atoms with Gasteiger partial charge in [0, 0.05) is 13.1 Å². The molecule has 0 saturated carbocycles. The molecule has 0 fully saturated rings. The molecule has 1 aromatic rings. The van der Waals surface area contributed by atoms with Crippen LogP contribution in [0.25, 0.3) is 0 Å². The number of hydrogen-bond donors (Lipinski definition) is 2. The number of alkyl halides is 3. The van der Waals surface area contributed by atoms with Crippen LogP contribution < -0.4 is 10.6 Å². The number of anilines is 1. The first kappa shape index (κ1) is 12.2. The van der Waals surface area contributed by atoms with Gasteiger partial charge in [0.1, 0.15) is 0 Å². The van der Waals surface area contributed by atoms with E-state index in [0.717, 1.165) is 6.54 Å². The Labute approximate surface area is 88.9 Å². The lowest BCUT2D eigenvalue weighted by Gasteiger charge is -2.01. The van der Waals surface area contributed by atoms with Crippen molar-refractivity contribution in [1.29, 1.82) is 0 Å². The molecule has 0 amide bonds. The zero-order valence-corrected chi connectivity index (χ0v) is 8.87. The Morgan fingerprint density at radius 3 is 2.53 bits per heavy atom. The molecule has 0 spiro atoms. The maximum Gasteiger partial charge on any atom is 0.445 e. The van der Waals surface area contributed by atoms with E-state index >= 15 is 0 Å². The molecule has 0 bridgehead atoms. The van der Waals surface area contributed by atoms with Crippen LogP contribution in [0.3, 0.4) is 0 Å². The molecule has 0 radical (unpaired) electrons. The highest BCUT2D eigenvalue weighted by atomic mass is 32.1. The summed E-state index contributed by atoms with van der Waals surface area (Å²) in [7, 11) is 0. The summed E-state index contributed by atoms with van der Waals surface area (Å²) in [6.07, 6.45) is -4.40. The van der Waals surface area contributed by atoms with Crippen molar-refractivity contribution >= 4 is 16.5 Å². The fourth-order valence-electron chi connectivity index (χ4n) is 0.844. The van der Waals surface area contributed by atoms with E-state index < -0.39 is 11.2 Å². The largest absolute Gasteiger partial charge is 0.445 e. The Morgan fingerprint density at radius 1 is 1.27 bits per heavy atom. The van der Waals surface area contributed by atoms with Crippen molar-refractivity contribution in [3.8, 4) is 0 Å². The van der Waals surface area contributed by atoms with Crippen molar-refractivity contribution in [2.45, 2.75) is 13.1 Å². The van der Waals surface area contributed by atoms with Crippen LogP contribution in [0.4, 0.5) is 18.3 Å². The lowest BCUT2D eigenvalue weighted by atomic mass is 10.6. The molecule has 1 heterocycles. The maximum atomic E-state index is 12.1. The third-order valence-corrected chi connectivity index (χ3v) is 2.42. The van der Waals surface area contributed by atoms with Gasteiger partial charge in [-0.25, -0.2) is 0 Å². The molecule has 0 atom stereocenters. The highest BCUT2D eigenvalue weighted by Gasteiger charge is 2.35. The van der Waals surface area contributed by atoms with Gasteiger partial charge < -0.3 is 10.6 Å². The van der Waals surface area contributed by atoms with Gasteiger partial charge in [0.25, 0.3) is 0 Å². The smallest absolute Gasteiger partial charge is 0.359 e. The number of likely N-dealkylation sites (N-methyl/N-ethyl adjacent to an activating group) is 1. The number of rotatable bonds is 5. The molecule has 0 aliphatic carbocycles. The maximum absolute atomic E-state index is 12.1. The Balaban J connectivity index is 2.40. The van der Waals surface area contributed by atoms with Crippen LogP contribution in [0.2, 0.25) is 0 Å². The fourth-order valence-corrected chi connectivity index (χ4v) is 1.48. The van der Waals surface area contributed by atoms with Gasteiger partial charge in [0.05, 0.1) is 0 Å². The predicted octanol–water partition coefficient (Wildman–Crippen LogP) is 1.58. The predicted molar refractivity (Wildman–Crippen MR) is 51.9 cm³/mol. The summed E-state index contributed by atoms with van der Waals surface area (Å²) in [5.74, 6) is 0. The van der Waals surface area contributed by atoms with Gasteiger partial charge in [0.2, 0.25) is 10.1 Å². The fraction of sp³-hybridized carbons (Fsp3) is 0.714. The minimum Gasteiger partial charge on any atom is -0.359 e. The van der Waals surface area contributed by atoms with Crippen LogP contribution >= 0.6 is 11.3 Å². The topological polar surface area (TPSA) is 49.8 Å². The molecule has 0 unspecified atom stereocenters. The lowest BCUT2D eigenvalue weighted by Crippen LogP contribution is -2.21. The molecule has 8 heteroatoms. The molecule has 2 N–H and O–H groups in total. The van der Waals surface area contributed by atoms with Gasteiger partial charge in [-0.2, -0.15) is 13.2 Å². The van der Waals surface area contributed by atoms with Crippen molar-refractivity contribution in [3.05, 3.63) is 5.01 Å². The first-order valence-electron chi connectivity index (χ1n) is 4.39. The molecule has 0 aliphatic rings. The van der Waals surface area contributed by atoms with Crippen molar-refractivity contribution in [3.63, 3.8) is 0 Å². The molecular formula is C7H11F3N4S. The molecule has 0 aromatic carbocycles. The minimum absolute atomic E-state index is 0.195. The zero-order valence-electron chi connectivity index (χ0n) is 8.06. The summed E-state index contributed by atoms with van der Waals surface area (Å²) >= 11 is 0.512. The number of nitrogens with one attached hydrogen (secondary N) is 2. The lowest BCUT2D eigenvalue weighted by molar-refractivity contribution is -0.138. The third-order valence-electron chi connectivity index (χ3n) is 1.50. The van der Waals surface area contributed by atoms with E-state index in [1.54, 1.807) is 0 Å². The van der Waals surface area contributed by atoms with Crippen LogP contribution in [0.1, 0.15) is 11.9 Å². The van der Waals surface area contributed by atoms with E-state index in [0.29, 0.717) is 24.4 Å². The van der Waals surface area contributed by atoms with Gasteiger partial charge in [-0.05, 0) is 6.54 Å². The van der Waals surface area contributed by atoms with Crippen LogP contribution in [-0.4, -0.2) is 29.8 Å². The van der Waals surface area contributed by atoms with E-state index in [4.69, 9.17) is 0 Å². The van der Waals surface area contributed by atoms with Crippen molar-refractivity contribution in [2.75, 3.05) is 25.0 Å². The molecule has 0 saturated heterocycles. The quantitative estimate of drug-likeness (QED) is 0.767. The van der Waals surface area contributed by atoms with E-state index in [1.165, 1.54) is 0 Å². The summed E-state index contributed by atoms with van der Waals surface area (Å²) in [5, 5.41) is 11.5. The molecule has 1 rings (SSSR count). The minimum atomic E-state index is -4.40. The van der Waals surface area contributed by atoms with Crippen molar-refractivity contribution < 1.29 is 13.2 Å².